The highest BCUT2D eigenvalue weighted by atomic mass is 16.5. The Hall–Kier alpha value is -2.85. The first-order valence-electron chi connectivity index (χ1n) is 7.82. The standard InChI is InChI=1S/C16H22N4O6/c1-8(2)26-14(24)6-19-13(23)4-11-15(12(22)5-17)10(16(18)25)3-9(7-21)20-11/h3,8,21H,4-7,17H2,1-2H3,(H2,18,25)(H,19,23). The molecule has 0 bridgehead atoms. The van der Waals surface area contributed by atoms with Crippen molar-refractivity contribution in [2.45, 2.75) is 33.0 Å². The molecule has 0 fully saturated rings. The van der Waals surface area contributed by atoms with E-state index in [1.54, 1.807) is 13.8 Å². The molecule has 142 valence electrons. The number of aliphatic hydroxyl groups excluding tert-OH is 1. The third-order valence-electron chi connectivity index (χ3n) is 3.16. The summed E-state index contributed by atoms with van der Waals surface area (Å²) in [7, 11) is 0. The number of rotatable bonds is 9. The monoisotopic (exact) mass is 366 g/mol. The zero-order valence-electron chi connectivity index (χ0n) is 14.6. The van der Waals surface area contributed by atoms with Gasteiger partial charge in [-0.25, -0.2) is 0 Å². The zero-order chi connectivity index (χ0) is 19.9. The van der Waals surface area contributed by atoms with Gasteiger partial charge in [0.1, 0.15) is 6.54 Å². The quantitative estimate of drug-likeness (QED) is 0.299. The van der Waals surface area contributed by atoms with E-state index in [1.165, 1.54) is 6.07 Å². The maximum absolute atomic E-state index is 12.1. The van der Waals surface area contributed by atoms with Gasteiger partial charge in [0.2, 0.25) is 11.8 Å². The summed E-state index contributed by atoms with van der Waals surface area (Å²) in [5.74, 6) is -2.80. The molecule has 10 heteroatoms. The van der Waals surface area contributed by atoms with E-state index < -0.39 is 43.1 Å². The second-order valence-electron chi connectivity index (χ2n) is 5.62. The van der Waals surface area contributed by atoms with Crippen molar-refractivity contribution in [1.82, 2.24) is 10.3 Å². The first kappa shape index (κ1) is 21.2. The highest BCUT2D eigenvalue weighted by Gasteiger charge is 2.23. The van der Waals surface area contributed by atoms with Gasteiger partial charge in [0.05, 0.1) is 48.2 Å². The Morgan fingerprint density at radius 1 is 1.31 bits per heavy atom. The number of ketones is 1. The Bertz CT molecular complexity index is 717. The molecule has 0 saturated carbocycles. The SMILES string of the molecule is CC(C)OC(=O)CNC(=O)Cc1nc(CO)cc(C(N)=O)c1C(=O)CN. The Morgan fingerprint density at radius 3 is 2.46 bits per heavy atom. The Kier molecular flexibility index (Phi) is 7.81. The molecule has 0 aliphatic rings. The van der Waals surface area contributed by atoms with Gasteiger partial charge < -0.3 is 26.6 Å². The van der Waals surface area contributed by atoms with Crippen molar-refractivity contribution >= 4 is 23.6 Å². The van der Waals surface area contributed by atoms with Crippen molar-refractivity contribution in [2.24, 2.45) is 11.5 Å². The smallest absolute Gasteiger partial charge is 0.325 e. The van der Waals surface area contributed by atoms with Crippen molar-refractivity contribution in [3.63, 3.8) is 0 Å². The van der Waals surface area contributed by atoms with E-state index in [9.17, 15) is 24.3 Å². The number of ether oxygens (including phenoxy) is 1. The Labute approximate surface area is 149 Å². The number of primary amides is 1. The van der Waals surface area contributed by atoms with Crippen molar-refractivity contribution in [1.29, 1.82) is 0 Å². The molecule has 2 amide bonds. The molecule has 10 nitrogen and oxygen atoms in total. The van der Waals surface area contributed by atoms with Gasteiger partial charge in [-0.15, -0.1) is 0 Å². The molecule has 1 aromatic rings. The molecule has 0 spiro atoms. The average Bonchev–Trinajstić information content (AvgIpc) is 2.57. The average molecular weight is 366 g/mol. The molecule has 1 aromatic heterocycles. The lowest BCUT2D eigenvalue weighted by Crippen LogP contribution is -2.34. The Morgan fingerprint density at radius 2 is 1.96 bits per heavy atom. The molecule has 1 rings (SSSR count). The number of hydrogen-bond donors (Lipinski definition) is 4. The number of carbonyl (C=O) groups excluding carboxylic acids is 4. The number of nitrogens with one attached hydrogen (secondary N) is 1. The fraction of sp³-hybridized carbons (Fsp3) is 0.438. The lowest BCUT2D eigenvalue weighted by atomic mass is 9.98. The van der Waals surface area contributed by atoms with Crippen LogP contribution in [0.4, 0.5) is 0 Å². The lowest BCUT2D eigenvalue weighted by Gasteiger charge is -2.13. The van der Waals surface area contributed by atoms with Gasteiger partial charge in [-0.2, -0.15) is 0 Å². The van der Waals surface area contributed by atoms with Gasteiger partial charge in [0.25, 0.3) is 0 Å². The summed E-state index contributed by atoms with van der Waals surface area (Å²) in [6.45, 7) is 2.03. The van der Waals surface area contributed by atoms with Crippen LogP contribution >= 0.6 is 0 Å². The summed E-state index contributed by atoms with van der Waals surface area (Å²) in [5, 5.41) is 11.6. The number of Topliss-reactive ketones (excluding diaryl/α,β-unsaturated/α-hetero) is 1. The van der Waals surface area contributed by atoms with E-state index in [0.717, 1.165) is 0 Å². The second kappa shape index (κ2) is 9.59. The van der Waals surface area contributed by atoms with Crippen LogP contribution in [0.15, 0.2) is 6.07 Å². The first-order chi connectivity index (χ1) is 12.2. The van der Waals surface area contributed by atoms with Crippen LogP contribution in [-0.2, 0) is 27.4 Å². The minimum Gasteiger partial charge on any atom is -0.462 e. The summed E-state index contributed by atoms with van der Waals surface area (Å²) in [5.41, 5.74) is 10.3. The van der Waals surface area contributed by atoms with Crippen LogP contribution < -0.4 is 16.8 Å². The molecule has 0 unspecified atom stereocenters. The minimum atomic E-state index is -0.916. The van der Waals surface area contributed by atoms with E-state index in [-0.39, 0.29) is 35.2 Å². The summed E-state index contributed by atoms with van der Waals surface area (Å²) in [6.07, 6.45) is -0.737. The van der Waals surface area contributed by atoms with Gasteiger partial charge >= 0.3 is 5.97 Å². The van der Waals surface area contributed by atoms with Crippen LogP contribution in [0.2, 0.25) is 0 Å². The highest BCUT2D eigenvalue weighted by molar-refractivity contribution is 6.09. The predicted molar refractivity (Wildman–Crippen MR) is 90.0 cm³/mol. The normalized spacial score (nSPS) is 10.5. The zero-order valence-corrected chi connectivity index (χ0v) is 14.6. The van der Waals surface area contributed by atoms with E-state index in [1.807, 2.05) is 0 Å². The van der Waals surface area contributed by atoms with Crippen LogP contribution in [0.25, 0.3) is 0 Å². The second-order valence-corrected chi connectivity index (χ2v) is 5.62. The molecule has 0 saturated heterocycles. The fourth-order valence-corrected chi connectivity index (χ4v) is 2.16. The topological polar surface area (TPSA) is 175 Å². The van der Waals surface area contributed by atoms with E-state index in [4.69, 9.17) is 16.2 Å². The van der Waals surface area contributed by atoms with Gasteiger partial charge in [-0.05, 0) is 19.9 Å². The van der Waals surface area contributed by atoms with Gasteiger partial charge in [-0.3, -0.25) is 24.2 Å². The maximum atomic E-state index is 12.1. The number of aliphatic hydroxyl groups is 1. The molecule has 1 heterocycles. The number of amides is 2. The molecule has 0 aliphatic heterocycles. The van der Waals surface area contributed by atoms with Crippen LogP contribution in [0, 0.1) is 0 Å². The number of nitrogens with zero attached hydrogens (tertiary/aromatic N) is 1. The van der Waals surface area contributed by atoms with Crippen molar-refractivity contribution in [3.05, 3.63) is 28.6 Å². The van der Waals surface area contributed by atoms with Gasteiger partial charge in [0, 0.05) is 0 Å². The summed E-state index contributed by atoms with van der Waals surface area (Å²) >= 11 is 0. The van der Waals surface area contributed by atoms with E-state index in [0.29, 0.717) is 0 Å². The van der Waals surface area contributed by atoms with Crippen LogP contribution in [-0.4, -0.2) is 52.9 Å². The van der Waals surface area contributed by atoms with Crippen LogP contribution in [0.5, 0.6) is 0 Å². The number of aromatic nitrogens is 1. The van der Waals surface area contributed by atoms with Crippen LogP contribution in [0.3, 0.4) is 0 Å². The number of pyridine rings is 1. The molecule has 26 heavy (non-hydrogen) atoms. The third-order valence-corrected chi connectivity index (χ3v) is 3.16. The molecular formula is C16H22N4O6. The van der Waals surface area contributed by atoms with Gasteiger partial charge in [-0.1, -0.05) is 0 Å². The molecule has 0 aliphatic carbocycles. The number of esters is 1. The Balaban J connectivity index is 3.08. The summed E-state index contributed by atoms with van der Waals surface area (Å²) < 4.78 is 4.88. The fourth-order valence-electron chi connectivity index (χ4n) is 2.16. The number of nitrogens with two attached hydrogens (primary N) is 2. The molecule has 0 aromatic carbocycles. The van der Waals surface area contributed by atoms with E-state index in [2.05, 4.69) is 10.3 Å². The highest BCUT2D eigenvalue weighted by Crippen LogP contribution is 2.16. The number of carbonyl (C=O) groups is 4. The van der Waals surface area contributed by atoms with Crippen molar-refractivity contribution in [3.8, 4) is 0 Å². The van der Waals surface area contributed by atoms with E-state index >= 15 is 0 Å². The lowest BCUT2D eigenvalue weighted by molar-refractivity contribution is -0.147. The maximum Gasteiger partial charge on any atom is 0.325 e. The van der Waals surface area contributed by atoms with Crippen LogP contribution in [0.1, 0.15) is 46.0 Å². The molecule has 0 atom stereocenters. The largest absolute Gasteiger partial charge is 0.462 e. The summed E-state index contributed by atoms with van der Waals surface area (Å²) in [4.78, 5) is 51.2. The van der Waals surface area contributed by atoms with Gasteiger partial charge in [0.15, 0.2) is 5.78 Å². The predicted octanol–water partition coefficient (Wildman–Crippen LogP) is -1.58. The number of hydrogen-bond acceptors (Lipinski definition) is 8. The molecular weight excluding hydrogens is 344 g/mol. The first-order valence-corrected chi connectivity index (χ1v) is 7.82. The molecule has 6 N–H and O–H groups in total. The third kappa shape index (κ3) is 5.90. The van der Waals surface area contributed by atoms with Crippen molar-refractivity contribution in [2.75, 3.05) is 13.1 Å². The molecule has 0 radical (unpaired) electrons. The van der Waals surface area contributed by atoms with Crippen molar-refractivity contribution < 1.29 is 29.0 Å². The summed E-state index contributed by atoms with van der Waals surface area (Å²) in [6, 6.07) is 1.17. The minimum absolute atomic E-state index is 0.0597.